The minimum absolute atomic E-state index is 0.561. The van der Waals surface area contributed by atoms with E-state index in [0.29, 0.717) is 5.46 Å². The Labute approximate surface area is 503 Å². The lowest BCUT2D eigenvalue weighted by atomic mass is 9.72. The largest absolute Gasteiger partial charge is 0.489 e. The number of rotatable bonds is 4. The van der Waals surface area contributed by atoms with E-state index in [0.717, 1.165) is 81.0 Å². The van der Waals surface area contributed by atoms with Crippen LogP contribution in [0.4, 0.5) is 0 Å². The molecule has 16 aromatic carbocycles. The van der Waals surface area contributed by atoms with Crippen molar-refractivity contribution in [2.75, 3.05) is 0 Å². The highest BCUT2D eigenvalue weighted by atomic mass is 79.9. The normalized spacial score (nSPS) is 11.7. The van der Waals surface area contributed by atoms with Gasteiger partial charge in [-0.3, -0.25) is 0 Å². The van der Waals surface area contributed by atoms with Gasteiger partial charge in [0.05, 0.1) is 0 Å². The number of hydrogen-bond acceptors (Lipinski definition) is 4. The monoisotopic (exact) mass is 1160 g/mol. The summed E-state index contributed by atoms with van der Waals surface area (Å²) in [6.07, 6.45) is 0. The van der Waals surface area contributed by atoms with Gasteiger partial charge in [-0.1, -0.05) is 253 Å². The van der Waals surface area contributed by atoms with Crippen LogP contribution < -0.4 is 5.46 Å². The van der Waals surface area contributed by atoms with Crippen molar-refractivity contribution in [1.29, 1.82) is 0 Å². The highest BCUT2D eigenvalue weighted by molar-refractivity contribution is 9.10. The van der Waals surface area contributed by atoms with Gasteiger partial charge in [0.25, 0.3) is 0 Å². The van der Waals surface area contributed by atoms with Crippen LogP contribution in [0.5, 0.6) is 0 Å². The highest BCUT2D eigenvalue weighted by Gasteiger charge is 2.23. The van der Waals surface area contributed by atoms with Gasteiger partial charge in [-0.2, -0.15) is 0 Å². The summed E-state index contributed by atoms with van der Waals surface area (Å²) in [6.45, 7) is 0. The third-order valence-corrected chi connectivity index (χ3v) is 17.7. The maximum atomic E-state index is 10.1. The molecule has 404 valence electrons. The first-order valence-corrected chi connectivity index (χ1v) is 29.7. The van der Waals surface area contributed by atoms with E-state index in [2.05, 4.69) is 234 Å². The zero-order chi connectivity index (χ0) is 57.4. The standard InChI is InChI=1S/C40H24O.C24H17BO2.C16H9BrO/c1-2-11-27-23-28(18-17-25(27)9-1)38-31-13-5-7-15-33(31)39(34-16-8-6-14-32(34)38)29-20-22-37-36(24-29)35-21-19-26-10-3-4-12-30(26)40(35)41-37;26-25(27)24-21-11-5-3-9-19(21)23(20-10-4-6-12-22(20)24)18-14-13-16-7-1-2-8-17(16)15-18;17-11-6-8-15-14(9-11)13-7-5-10-3-1-2-4-12(10)16(13)18-15/h1-24H;1-15,26-27H;1-9H. The molecule has 0 aliphatic rings. The molecule has 86 heavy (non-hydrogen) atoms. The summed E-state index contributed by atoms with van der Waals surface area (Å²) in [5.41, 5.74) is 11.6. The molecule has 0 bridgehead atoms. The van der Waals surface area contributed by atoms with E-state index in [-0.39, 0.29) is 0 Å². The third-order valence-electron chi connectivity index (χ3n) is 17.2. The van der Waals surface area contributed by atoms with Crippen molar-refractivity contribution in [3.63, 3.8) is 0 Å². The molecule has 18 rings (SSSR count). The first-order valence-electron chi connectivity index (χ1n) is 29.0. The summed E-state index contributed by atoms with van der Waals surface area (Å²) >= 11 is 3.51. The lowest BCUT2D eigenvalue weighted by molar-refractivity contribution is 0.426. The summed E-state index contributed by atoms with van der Waals surface area (Å²) in [7, 11) is -1.52. The molecule has 2 aromatic heterocycles. The minimum atomic E-state index is -1.52. The SMILES string of the molecule is Brc1ccc2oc3c4ccccc4ccc3c2c1.OB(O)c1c2ccccc2c(-c2ccc3ccccc3c2)c2ccccc12.c1ccc2cc(-c3c4ccccc4c(-c4ccc5oc6c7ccccc7ccc6c5c4)c4ccccc34)ccc2c1. The Morgan fingerprint density at radius 3 is 0.988 bits per heavy atom. The fourth-order valence-electron chi connectivity index (χ4n) is 13.3. The fraction of sp³-hybridized carbons (Fsp3) is 0. The molecule has 2 N–H and O–H groups in total. The average molecular weight is 1170 g/mol. The summed E-state index contributed by atoms with van der Waals surface area (Å²) < 4.78 is 13.5. The second-order valence-electron chi connectivity index (χ2n) is 22.1. The van der Waals surface area contributed by atoms with Crippen molar-refractivity contribution in [1.82, 2.24) is 0 Å². The maximum Gasteiger partial charge on any atom is 0.489 e. The maximum absolute atomic E-state index is 10.1. The first kappa shape index (κ1) is 51.3. The van der Waals surface area contributed by atoms with Crippen molar-refractivity contribution < 1.29 is 18.9 Å². The van der Waals surface area contributed by atoms with Gasteiger partial charge in [0.15, 0.2) is 0 Å². The molecule has 0 saturated heterocycles. The van der Waals surface area contributed by atoms with Gasteiger partial charge in [0, 0.05) is 36.8 Å². The van der Waals surface area contributed by atoms with E-state index >= 15 is 0 Å². The topological polar surface area (TPSA) is 66.7 Å². The quantitative estimate of drug-likeness (QED) is 0.136. The fourth-order valence-corrected chi connectivity index (χ4v) is 13.7. The van der Waals surface area contributed by atoms with Crippen molar-refractivity contribution in [2.24, 2.45) is 0 Å². The first-order chi connectivity index (χ1) is 42.4. The van der Waals surface area contributed by atoms with Gasteiger partial charge in [-0.15, -0.1) is 0 Å². The molecule has 4 nitrogen and oxygen atoms in total. The number of benzene rings is 16. The van der Waals surface area contributed by atoms with Gasteiger partial charge in [0.2, 0.25) is 0 Å². The molecule has 0 unspecified atom stereocenters. The van der Waals surface area contributed by atoms with E-state index in [4.69, 9.17) is 8.83 Å². The summed E-state index contributed by atoms with van der Waals surface area (Å²) in [5.74, 6) is 0. The lowest BCUT2D eigenvalue weighted by Crippen LogP contribution is -2.31. The summed E-state index contributed by atoms with van der Waals surface area (Å²) in [6, 6.07) is 102. The van der Waals surface area contributed by atoms with Gasteiger partial charge < -0.3 is 18.9 Å². The summed E-state index contributed by atoms with van der Waals surface area (Å²) in [4.78, 5) is 0. The molecule has 2 heterocycles. The Balaban J connectivity index is 0.000000114. The van der Waals surface area contributed by atoms with Crippen LogP contribution in [0.15, 0.2) is 304 Å². The van der Waals surface area contributed by atoms with Gasteiger partial charge in [-0.05, 0) is 169 Å². The van der Waals surface area contributed by atoms with Crippen LogP contribution >= 0.6 is 15.9 Å². The van der Waals surface area contributed by atoms with Crippen LogP contribution in [0.25, 0.3) is 163 Å². The van der Waals surface area contributed by atoms with E-state index in [1.165, 1.54) is 86.9 Å². The van der Waals surface area contributed by atoms with E-state index in [9.17, 15) is 10.0 Å². The van der Waals surface area contributed by atoms with Gasteiger partial charge in [0.1, 0.15) is 22.3 Å². The smallest absolute Gasteiger partial charge is 0.455 e. The highest BCUT2D eigenvalue weighted by Crippen LogP contribution is 2.46. The van der Waals surface area contributed by atoms with E-state index < -0.39 is 7.12 Å². The Bertz CT molecular complexity index is 5630. The Hall–Kier alpha value is -10.3. The predicted molar refractivity (Wildman–Crippen MR) is 368 cm³/mol. The molecule has 18 aromatic rings. The predicted octanol–water partition coefficient (Wildman–Crippen LogP) is 21.5. The van der Waals surface area contributed by atoms with Crippen LogP contribution in [0.1, 0.15) is 0 Å². The molecule has 0 aliphatic carbocycles. The summed E-state index contributed by atoms with van der Waals surface area (Å²) in [5, 5.41) is 43.2. The van der Waals surface area contributed by atoms with Gasteiger partial charge >= 0.3 is 7.12 Å². The van der Waals surface area contributed by atoms with E-state index in [1.54, 1.807) is 0 Å². The number of hydrogen-bond donors (Lipinski definition) is 2. The Morgan fingerprint density at radius 1 is 0.244 bits per heavy atom. The number of halogens is 1. The zero-order valence-electron chi connectivity index (χ0n) is 46.4. The minimum Gasteiger partial charge on any atom is -0.455 e. The Kier molecular flexibility index (Phi) is 12.6. The van der Waals surface area contributed by atoms with Crippen LogP contribution in [-0.4, -0.2) is 17.2 Å². The zero-order valence-corrected chi connectivity index (χ0v) is 48.0. The van der Waals surface area contributed by atoms with Crippen molar-refractivity contribution in [3.05, 3.63) is 296 Å². The second kappa shape index (κ2) is 21.1. The number of fused-ring (bicyclic) bond motifs is 16. The third kappa shape index (κ3) is 8.68. The molecule has 0 spiro atoms. The molecular formula is C80H50BBrO4. The molecule has 0 amide bonds. The molecule has 0 fully saturated rings. The van der Waals surface area contributed by atoms with Crippen molar-refractivity contribution >= 4 is 159 Å². The van der Waals surface area contributed by atoms with Crippen LogP contribution in [0, 0.1) is 0 Å². The van der Waals surface area contributed by atoms with Crippen molar-refractivity contribution in [3.8, 4) is 33.4 Å². The van der Waals surface area contributed by atoms with Crippen molar-refractivity contribution in [2.45, 2.75) is 0 Å². The number of furan rings is 2. The van der Waals surface area contributed by atoms with Crippen LogP contribution in [-0.2, 0) is 0 Å². The molecular weight excluding hydrogens is 1120 g/mol. The molecule has 0 radical (unpaired) electrons. The average Bonchev–Trinajstić information content (AvgIpc) is 1.27. The molecule has 0 saturated carbocycles. The second-order valence-corrected chi connectivity index (χ2v) is 23.0. The van der Waals surface area contributed by atoms with Gasteiger partial charge in [-0.25, -0.2) is 0 Å². The van der Waals surface area contributed by atoms with Crippen LogP contribution in [0.3, 0.4) is 0 Å². The molecule has 6 heteroatoms. The van der Waals surface area contributed by atoms with E-state index in [1.807, 2.05) is 72.8 Å². The molecule has 0 atom stereocenters. The molecule has 0 aliphatic heterocycles. The lowest BCUT2D eigenvalue weighted by Gasteiger charge is -2.18. The Morgan fingerprint density at radius 2 is 0.558 bits per heavy atom. The van der Waals surface area contributed by atoms with Crippen LogP contribution in [0.2, 0.25) is 0 Å².